The van der Waals surface area contributed by atoms with Crippen molar-refractivity contribution in [2.75, 3.05) is 12.4 Å². The Labute approximate surface area is 129 Å². The number of carbonyl (C=O) groups is 1. The molecule has 2 N–H and O–H groups in total. The first kappa shape index (κ1) is 15.7. The van der Waals surface area contributed by atoms with Crippen molar-refractivity contribution in [1.82, 2.24) is 5.32 Å². The third-order valence-electron chi connectivity index (χ3n) is 3.68. The first-order chi connectivity index (χ1) is 9.63. The van der Waals surface area contributed by atoms with Gasteiger partial charge in [0.05, 0.1) is 12.1 Å². The summed E-state index contributed by atoms with van der Waals surface area (Å²) in [7, 11) is 0. The molecule has 0 bridgehead atoms. The SMILES string of the molecule is O=C(CCSc1ccc(Cl)cc1)NC1(CO)CCCC1. The molecule has 3 nitrogen and oxygen atoms in total. The van der Waals surface area contributed by atoms with Crippen LogP contribution in [0.15, 0.2) is 29.2 Å². The van der Waals surface area contributed by atoms with E-state index in [9.17, 15) is 9.90 Å². The Balaban J connectivity index is 1.73. The van der Waals surface area contributed by atoms with Crippen LogP contribution in [0.3, 0.4) is 0 Å². The highest BCUT2D eigenvalue weighted by atomic mass is 35.5. The Kier molecular flexibility index (Phi) is 5.75. The number of hydrogen-bond donors (Lipinski definition) is 2. The van der Waals surface area contributed by atoms with E-state index >= 15 is 0 Å². The lowest BCUT2D eigenvalue weighted by Gasteiger charge is -2.27. The molecule has 1 aliphatic carbocycles. The largest absolute Gasteiger partial charge is 0.394 e. The molecule has 1 amide bonds. The van der Waals surface area contributed by atoms with Crippen LogP contribution in [0.5, 0.6) is 0 Å². The number of carbonyl (C=O) groups excluding carboxylic acids is 1. The van der Waals surface area contributed by atoms with E-state index in [2.05, 4.69) is 5.32 Å². The van der Waals surface area contributed by atoms with Gasteiger partial charge in [0.2, 0.25) is 5.91 Å². The second-order valence-electron chi connectivity index (χ2n) is 5.25. The summed E-state index contributed by atoms with van der Waals surface area (Å²) in [4.78, 5) is 13.1. The maximum Gasteiger partial charge on any atom is 0.221 e. The molecule has 110 valence electrons. The topological polar surface area (TPSA) is 49.3 Å². The van der Waals surface area contributed by atoms with E-state index in [1.165, 1.54) is 0 Å². The van der Waals surface area contributed by atoms with Gasteiger partial charge in [-0.05, 0) is 37.1 Å². The molecular weight excluding hydrogens is 294 g/mol. The van der Waals surface area contributed by atoms with Gasteiger partial charge < -0.3 is 10.4 Å². The molecule has 20 heavy (non-hydrogen) atoms. The zero-order valence-corrected chi connectivity index (χ0v) is 13.0. The number of amides is 1. The number of nitrogens with one attached hydrogen (secondary N) is 1. The lowest BCUT2D eigenvalue weighted by molar-refractivity contribution is -0.123. The molecule has 1 saturated carbocycles. The molecule has 0 aromatic heterocycles. The van der Waals surface area contributed by atoms with Crippen LogP contribution >= 0.6 is 23.4 Å². The van der Waals surface area contributed by atoms with Gasteiger partial charge in [-0.25, -0.2) is 0 Å². The van der Waals surface area contributed by atoms with Crippen LogP contribution in [0.25, 0.3) is 0 Å². The van der Waals surface area contributed by atoms with Crippen molar-refractivity contribution in [2.45, 2.75) is 42.5 Å². The zero-order chi connectivity index (χ0) is 14.4. The number of aliphatic hydroxyl groups is 1. The fourth-order valence-electron chi connectivity index (χ4n) is 2.53. The van der Waals surface area contributed by atoms with Crippen LogP contribution in [-0.2, 0) is 4.79 Å². The van der Waals surface area contributed by atoms with E-state index < -0.39 is 0 Å². The molecule has 0 spiro atoms. The minimum Gasteiger partial charge on any atom is -0.394 e. The molecule has 1 aliphatic rings. The second kappa shape index (κ2) is 7.34. The van der Waals surface area contributed by atoms with Crippen LogP contribution in [0.1, 0.15) is 32.1 Å². The summed E-state index contributed by atoms with van der Waals surface area (Å²) in [5.41, 5.74) is -0.359. The quantitative estimate of drug-likeness (QED) is 0.793. The molecule has 5 heteroatoms. The van der Waals surface area contributed by atoms with Crippen LogP contribution in [-0.4, -0.2) is 28.9 Å². The maximum absolute atomic E-state index is 12.0. The number of rotatable bonds is 6. The average Bonchev–Trinajstić information content (AvgIpc) is 2.90. The van der Waals surface area contributed by atoms with E-state index in [0.29, 0.717) is 6.42 Å². The fourth-order valence-corrected chi connectivity index (χ4v) is 3.50. The van der Waals surface area contributed by atoms with Gasteiger partial charge in [-0.2, -0.15) is 0 Å². The standard InChI is InChI=1S/C15H20ClNO2S/c16-12-3-5-13(6-4-12)20-10-7-14(19)17-15(11-18)8-1-2-9-15/h3-6,18H,1-2,7-11H2,(H,17,19). The zero-order valence-electron chi connectivity index (χ0n) is 11.4. The Morgan fingerprint density at radius 2 is 1.95 bits per heavy atom. The van der Waals surface area contributed by atoms with Gasteiger partial charge in [-0.1, -0.05) is 24.4 Å². The summed E-state index contributed by atoms with van der Waals surface area (Å²) in [6, 6.07) is 7.61. The molecule has 0 heterocycles. The van der Waals surface area contributed by atoms with Crippen molar-refractivity contribution in [2.24, 2.45) is 0 Å². The Hall–Kier alpha value is -0.710. The van der Waals surface area contributed by atoms with E-state index in [4.69, 9.17) is 11.6 Å². The van der Waals surface area contributed by atoms with Gasteiger partial charge in [-0.15, -0.1) is 11.8 Å². The van der Waals surface area contributed by atoms with Gasteiger partial charge in [0, 0.05) is 22.1 Å². The van der Waals surface area contributed by atoms with Crippen molar-refractivity contribution in [3.8, 4) is 0 Å². The van der Waals surface area contributed by atoms with Crippen molar-refractivity contribution < 1.29 is 9.90 Å². The Morgan fingerprint density at radius 3 is 2.55 bits per heavy atom. The molecule has 0 atom stereocenters. The third kappa shape index (κ3) is 4.40. The molecule has 1 fully saturated rings. The van der Waals surface area contributed by atoms with Gasteiger partial charge in [0.15, 0.2) is 0 Å². The van der Waals surface area contributed by atoms with Gasteiger partial charge in [-0.3, -0.25) is 4.79 Å². The normalized spacial score (nSPS) is 17.1. The smallest absolute Gasteiger partial charge is 0.221 e. The highest BCUT2D eigenvalue weighted by molar-refractivity contribution is 7.99. The molecule has 0 radical (unpaired) electrons. The number of hydrogen-bond acceptors (Lipinski definition) is 3. The third-order valence-corrected chi connectivity index (χ3v) is 4.95. The van der Waals surface area contributed by atoms with E-state index in [0.717, 1.165) is 41.4 Å². The summed E-state index contributed by atoms with van der Waals surface area (Å²) in [6.07, 6.45) is 4.41. The minimum absolute atomic E-state index is 0.0300. The summed E-state index contributed by atoms with van der Waals surface area (Å²) < 4.78 is 0. The Bertz CT molecular complexity index is 444. The number of thioether (sulfide) groups is 1. The average molecular weight is 314 g/mol. The molecule has 0 saturated heterocycles. The molecule has 2 rings (SSSR count). The van der Waals surface area contributed by atoms with Gasteiger partial charge >= 0.3 is 0 Å². The van der Waals surface area contributed by atoms with Crippen LogP contribution < -0.4 is 5.32 Å². The van der Waals surface area contributed by atoms with E-state index in [1.54, 1.807) is 11.8 Å². The molecule has 0 aliphatic heterocycles. The predicted molar refractivity (Wildman–Crippen MR) is 83.2 cm³/mol. The summed E-state index contributed by atoms with van der Waals surface area (Å²) >= 11 is 7.47. The number of halogens is 1. The van der Waals surface area contributed by atoms with Crippen molar-refractivity contribution in [3.05, 3.63) is 29.3 Å². The highest BCUT2D eigenvalue weighted by Gasteiger charge is 2.34. The lowest BCUT2D eigenvalue weighted by atomic mass is 9.99. The van der Waals surface area contributed by atoms with Crippen molar-refractivity contribution >= 4 is 29.3 Å². The lowest BCUT2D eigenvalue weighted by Crippen LogP contribution is -2.49. The second-order valence-corrected chi connectivity index (χ2v) is 6.85. The number of aliphatic hydroxyl groups excluding tert-OH is 1. The monoisotopic (exact) mass is 313 g/mol. The first-order valence-corrected chi connectivity index (χ1v) is 8.30. The van der Waals surface area contributed by atoms with E-state index in [1.807, 2.05) is 24.3 Å². The minimum atomic E-state index is -0.359. The van der Waals surface area contributed by atoms with Gasteiger partial charge in [0.25, 0.3) is 0 Å². The van der Waals surface area contributed by atoms with Crippen LogP contribution in [0, 0.1) is 0 Å². The van der Waals surface area contributed by atoms with Crippen LogP contribution in [0.4, 0.5) is 0 Å². The number of benzene rings is 1. The molecule has 1 aromatic rings. The first-order valence-electron chi connectivity index (χ1n) is 6.94. The fraction of sp³-hybridized carbons (Fsp3) is 0.533. The molecular formula is C15H20ClNO2S. The van der Waals surface area contributed by atoms with Crippen LogP contribution in [0.2, 0.25) is 5.02 Å². The van der Waals surface area contributed by atoms with Crippen molar-refractivity contribution in [1.29, 1.82) is 0 Å². The molecule has 0 unspecified atom stereocenters. The summed E-state index contributed by atoms with van der Waals surface area (Å²) in [5.74, 6) is 0.761. The molecule has 1 aromatic carbocycles. The maximum atomic E-state index is 12.0. The highest BCUT2D eigenvalue weighted by Crippen LogP contribution is 2.29. The summed E-state index contributed by atoms with van der Waals surface area (Å²) in [5, 5.41) is 13.2. The van der Waals surface area contributed by atoms with Crippen molar-refractivity contribution in [3.63, 3.8) is 0 Å². The van der Waals surface area contributed by atoms with Gasteiger partial charge in [0.1, 0.15) is 0 Å². The Morgan fingerprint density at radius 1 is 1.30 bits per heavy atom. The predicted octanol–water partition coefficient (Wildman–Crippen LogP) is 3.24. The van der Waals surface area contributed by atoms with E-state index in [-0.39, 0.29) is 18.1 Å². The summed E-state index contributed by atoms with van der Waals surface area (Å²) in [6.45, 7) is 0.0447.